The number of aromatic nitrogens is 6. The SMILES string of the molecule is O=C([O-])CN(CC(=O)[O-])c1nc(Nc2ccc(/C=C/c3ccc(Nc4nc(Nc5cc(S(=O)(=O)[O-])ccc5S(=O)(=O)[O-])nc(N(CC(=O)[O-])CC(=O)[O-])n4)cc3S(=O)(=O)[O-])c(S(=O)(=O)[O-])c2)nc(Nc2cc(S(=O)(=O)[O-])ccc2S(=O)(=O)[O-])n1. The molecular formula is C40H26N12O26S6-10. The van der Waals surface area contributed by atoms with E-state index in [9.17, 15) is 117 Å². The van der Waals surface area contributed by atoms with Crippen LogP contribution in [-0.2, 0) is 79.9 Å². The lowest BCUT2D eigenvalue weighted by Crippen LogP contribution is -2.45. The largest absolute Gasteiger partial charge is 0.744 e. The van der Waals surface area contributed by atoms with E-state index in [-0.39, 0.29) is 0 Å². The highest BCUT2D eigenvalue weighted by Gasteiger charge is 2.22. The summed E-state index contributed by atoms with van der Waals surface area (Å²) in [6.45, 7) is -5.28. The highest BCUT2D eigenvalue weighted by Crippen LogP contribution is 2.32. The smallest absolute Gasteiger partial charge is 0.233 e. The van der Waals surface area contributed by atoms with Crippen LogP contribution in [-0.4, -0.2) is 158 Å². The Morgan fingerprint density at radius 3 is 0.917 bits per heavy atom. The Bertz CT molecular complexity index is 4130. The molecule has 0 radical (unpaired) electrons. The monoisotopic (exact) mass is 1280 g/mol. The molecule has 0 spiro atoms. The fourth-order valence-electron chi connectivity index (χ4n) is 6.83. The minimum atomic E-state index is -5.63. The van der Waals surface area contributed by atoms with Crippen LogP contribution in [0.5, 0.6) is 0 Å². The molecule has 0 aliphatic rings. The fraction of sp³-hybridized carbons (Fsp3) is 0.100. The first-order valence-electron chi connectivity index (χ1n) is 21.5. The second-order valence-electron chi connectivity index (χ2n) is 16.1. The van der Waals surface area contributed by atoms with Crippen LogP contribution in [0.4, 0.5) is 58.4 Å². The second kappa shape index (κ2) is 24.3. The van der Waals surface area contributed by atoms with Crippen molar-refractivity contribution >= 4 is 155 Å². The van der Waals surface area contributed by atoms with Gasteiger partial charge in [-0.3, -0.25) is 0 Å². The maximum atomic E-state index is 12.7. The van der Waals surface area contributed by atoms with Crippen molar-refractivity contribution in [3.05, 3.63) is 83.9 Å². The molecule has 0 bridgehead atoms. The van der Waals surface area contributed by atoms with Crippen LogP contribution in [0, 0.1) is 0 Å². The first-order chi connectivity index (χ1) is 38.6. The van der Waals surface area contributed by atoms with E-state index in [1.165, 1.54) is 0 Å². The van der Waals surface area contributed by atoms with Crippen LogP contribution < -0.4 is 51.5 Å². The summed E-state index contributed by atoms with van der Waals surface area (Å²) in [4.78, 5) is 62.8. The Kier molecular flexibility index (Phi) is 18.5. The molecule has 38 nitrogen and oxygen atoms in total. The van der Waals surface area contributed by atoms with Gasteiger partial charge in [-0.1, -0.05) is 24.3 Å². The highest BCUT2D eigenvalue weighted by molar-refractivity contribution is 7.87. The summed E-state index contributed by atoms with van der Waals surface area (Å²) < 4.78 is 219. The lowest BCUT2D eigenvalue weighted by Gasteiger charge is -2.24. The molecule has 0 unspecified atom stereocenters. The van der Waals surface area contributed by atoms with E-state index in [0.29, 0.717) is 58.3 Å². The van der Waals surface area contributed by atoms with Crippen molar-refractivity contribution in [1.82, 2.24) is 29.9 Å². The Labute approximate surface area is 470 Å². The molecule has 0 amide bonds. The van der Waals surface area contributed by atoms with Gasteiger partial charge < -0.3 is 98.0 Å². The first kappa shape index (κ1) is 64.0. The summed E-state index contributed by atoms with van der Waals surface area (Å²) >= 11 is 0. The Balaban J connectivity index is 1.41. The van der Waals surface area contributed by atoms with E-state index in [2.05, 4.69) is 51.2 Å². The number of aliphatic carboxylic acids is 4. The molecule has 6 rings (SSSR count). The average Bonchev–Trinajstić information content (AvgIpc) is 1.56. The van der Waals surface area contributed by atoms with Crippen LogP contribution in [0.15, 0.2) is 102 Å². The lowest BCUT2D eigenvalue weighted by atomic mass is 10.1. The van der Waals surface area contributed by atoms with Gasteiger partial charge in [-0.05, 0) is 71.8 Å². The van der Waals surface area contributed by atoms with E-state index in [0.717, 1.165) is 36.4 Å². The third-order valence-electron chi connectivity index (χ3n) is 10.1. The van der Waals surface area contributed by atoms with Crippen LogP contribution in [0.3, 0.4) is 0 Å². The van der Waals surface area contributed by atoms with E-state index in [1.807, 2.05) is 0 Å². The predicted molar refractivity (Wildman–Crippen MR) is 260 cm³/mol. The maximum Gasteiger partial charge on any atom is 0.233 e. The zero-order valence-electron chi connectivity index (χ0n) is 40.6. The second-order valence-corrected chi connectivity index (χ2v) is 24.3. The number of nitrogens with zero attached hydrogens (tertiary/aromatic N) is 8. The predicted octanol–water partition coefficient (Wildman–Crippen LogP) is -6.76. The molecule has 2 heterocycles. The summed E-state index contributed by atoms with van der Waals surface area (Å²) in [5.41, 5.74) is -4.10. The van der Waals surface area contributed by atoms with Gasteiger partial charge in [0, 0.05) is 11.4 Å². The molecule has 0 atom stereocenters. The van der Waals surface area contributed by atoms with Crippen molar-refractivity contribution in [1.29, 1.82) is 0 Å². The molecule has 0 fully saturated rings. The minimum Gasteiger partial charge on any atom is -0.744 e. The van der Waals surface area contributed by atoms with Crippen LogP contribution in [0.1, 0.15) is 11.1 Å². The van der Waals surface area contributed by atoms with Crippen LogP contribution >= 0.6 is 0 Å². The van der Waals surface area contributed by atoms with E-state index >= 15 is 0 Å². The Hall–Kier alpha value is -9.22. The minimum absolute atomic E-state index is 0.350. The van der Waals surface area contributed by atoms with Gasteiger partial charge in [-0.15, -0.1) is 0 Å². The van der Waals surface area contributed by atoms with Crippen molar-refractivity contribution in [2.75, 3.05) is 57.2 Å². The number of hydrogen-bond acceptors (Lipinski definition) is 38. The van der Waals surface area contributed by atoms with Gasteiger partial charge in [0.25, 0.3) is 0 Å². The van der Waals surface area contributed by atoms with E-state index in [1.54, 1.807) is 0 Å². The number of carbonyl (C=O) groups excluding carboxylic acids is 4. The number of carboxylic acid groups (broad SMARTS) is 4. The Morgan fingerprint density at radius 1 is 0.369 bits per heavy atom. The van der Waals surface area contributed by atoms with Gasteiger partial charge >= 0.3 is 0 Å². The van der Waals surface area contributed by atoms with Gasteiger partial charge in [0.05, 0.1) is 90.8 Å². The highest BCUT2D eigenvalue weighted by atomic mass is 32.2. The molecule has 0 saturated carbocycles. The number of benzene rings is 4. The van der Waals surface area contributed by atoms with Crippen molar-refractivity contribution in [3.8, 4) is 0 Å². The van der Waals surface area contributed by atoms with Gasteiger partial charge in [0.15, 0.2) is 0 Å². The molecule has 0 aliphatic heterocycles. The summed E-state index contributed by atoms with van der Waals surface area (Å²) in [7, 11) is -33.0. The first-order valence-corrected chi connectivity index (χ1v) is 30.0. The summed E-state index contributed by atoms with van der Waals surface area (Å²) in [6, 6.07) is 7.21. The molecule has 44 heteroatoms. The summed E-state index contributed by atoms with van der Waals surface area (Å²) in [5, 5.41) is 55.2. The molecule has 2 aromatic heterocycles. The number of rotatable bonds is 26. The maximum absolute atomic E-state index is 12.7. The van der Waals surface area contributed by atoms with Gasteiger partial charge in [-0.2, -0.15) is 29.9 Å². The Morgan fingerprint density at radius 2 is 0.655 bits per heavy atom. The molecule has 448 valence electrons. The third-order valence-corrected chi connectivity index (χ3v) is 15.4. The standard InChI is InChI=1S/C40H36N12O26S6/c53-31(54)15-51(16-32(55)56)39-47-35(45-37(49-39)43-25-13-23(79(61,62)63)7-9-27(25)81(67,68)69)41-21-5-3-19(29(11-21)83(73,74)75)1-2-20-4-6-22(12-30(20)84(76,77)78)42-36-46-38(50-40(48-36)52(17-33(57)58)18-34(59)60)44-26-14-24(80(64,65)66)8-10-28(26)82(70,71)72/h1-14H,15-18H2,(H,53,54)(H,55,56)(H,57,58)(H,59,60)(H,61,62,63)(H,64,65,66)(H,67,68,69)(H,70,71,72)(H,73,74,75)(H,76,77,78)(H2,41,43,45,47,49)(H2,42,44,46,48,50)/p-10/b2-1+. The number of anilines is 10. The van der Waals surface area contributed by atoms with Gasteiger partial charge in [0.2, 0.25) is 35.7 Å². The zero-order chi connectivity index (χ0) is 62.7. The lowest BCUT2D eigenvalue weighted by molar-refractivity contribution is -0.307. The van der Waals surface area contributed by atoms with Crippen LogP contribution in [0.25, 0.3) is 12.2 Å². The molecule has 0 aliphatic carbocycles. The van der Waals surface area contributed by atoms with Crippen molar-refractivity contribution in [2.45, 2.75) is 29.4 Å². The van der Waals surface area contributed by atoms with Crippen molar-refractivity contribution in [2.24, 2.45) is 0 Å². The number of carbonyl (C=O) groups is 4. The van der Waals surface area contributed by atoms with Crippen molar-refractivity contribution < 1.29 is 117 Å². The van der Waals surface area contributed by atoms with Gasteiger partial charge in [-0.25, -0.2) is 50.5 Å². The number of nitrogens with one attached hydrogen (secondary N) is 4. The molecule has 6 aromatic rings. The van der Waals surface area contributed by atoms with Crippen LogP contribution in [0.2, 0.25) is 0 Å². The molecule has 4 N–H and O–H groups in total. The molecule has 4 aromatic carbocycles. The number of hydrogen-bond donors (Lipinski definition) is 4. The summed E-state index contributed by atoms with van der Waals surface area (Å²) in [5.74, 6) is -13.4. The number of carboxylic acids is 4. The zero-order valence-corrected chi connectivity index (χ0v) is 45.5. The molecular weight excluding hydrogens is 1260 g/mol. The molecule has 84 heavy (non-hydrogen) atoms. The molecule has 0 saturated heterocycles. The quantitative estimate of drug-likeness (QED) is 0.0290. The van der Waals surface area contributed by atoms with Crippen molar-refractivity contribution in [3.63, 3.8) is 0 Å². The van der Waals surface area contributed by atoms with E-state index in [4.69, 9.17) is 0 Å². The third kappa shape index (κ3) is 17.2. The average molecular weight is 1280 g/mol. The van der Waals surface area contributed by atoms with Gasteiger partial charge in [0.1, 0.15) is 60.7 Å². The topological polar surface area (TPSA) is 636 Å². The normalized spacial score (nSPS) is 12.3. The fourth-order valence-corrected chi connectivity index (χ4v) is 10.4. The van der Waals surface area contributed by atoms with E-state index < -0.39 is 210 Å². The summed E-state index contributed by atoms with van der Waals surface area (Å²) in [6.07, 6.45) is 1.57.